The maximum absolute atomic E-state index is 12.7. The molecule has 1 aromatic heterocycles. The number of fused-ring (bicyclic) bond motifs is 4. The highest BCUT2D eigenvalue weighted by Crippen LogP contribution is 2.36. The van der Waals surface area contributed by atoms with Gasteiger partial charge in [0.2, 0.25) is 5.91 Å². The van der Waals surface area contributed by atoms with Crippen LogP contribution in [0, 0.1) is 23.2 Å². The topological polar surface area (TPSA) is 60.2 Å². The summed E-state index contributed by atoms with van der Waals surface area (Å²) in [7, 11) is 0. The molecule has 1 saturated carbocycles. The van der Waals surface area contributed by atoms with Crippen LogP contribution in [0.2, 0.25) is 0 Å². The number of rotatable bonds is 3. The first-order chi connectivity index (χ1) is 10.7. The Morgan fingerprint density at radius 3 is 2.91 bits per heavy atom. The molecule has 3 aliphatic heterocycles. The number of carbonyl (C=O) groups excluding carboxylic acids is 1. The monoisotopic (exact) mass is 296 g/mol. The van der Waals surface area contributed by atoms with Crippen molar-refractivity contribution in [1.82, 2.24) is 9.88 Å². The number of hydrogen-bond acceptors (Lipinski definition) is 4. The van der Waals surface area contributed by atoms with Crippen molar-refractivity contribution < 1.29 is 4.79 Å². The summed E-state index contributed by atoms with van der Waals surface area (Å²) >= 11 is 0. The van der Waals surface area contributed by atoms with Crippen LogP contribution in [0.4, 0.5) is 5.82 Å². The quantitative estimate of drug-likeness (QED) is 0.853. The zero-order valence-corrected chi connectivity index (χ0v) is 12.6. The summed E-state index contributed by atoms with van der Waals surface area (Å²) in [6.07, 6.45) is 6.31. The Morgan fingerprint density at radius 2 is 2.14 bits per heavy atom. The van der Waals surface area contributed by atoms with Crippen molar-refractivity contribution in [1.29, 1.82) is 5.26 Å². The van der Waals surface area contributed by atoms with Crippen LogP contribution in [0.15, 0.2) is 18.3 Å². The van der Waals surface area contributed by atoms with Crippen LogP contribution in [0.1, 0.15) is 31.2 Å². The molecule has 0 radical (unpaired) electrons. The maximum Gasteiger partial charge on any atom is 0.227 e. The Balaban J connectivity index is 1.59. The van der Waals surface area contributed by atoms with Crippen molar-refractivity contribution in [2.45, 2.75) is 31.7 Å². The number of aromatic nitrogens is 1. The van der Waals surface area contributed by atoms with Gasteiger partial charge in [-0.2, -0.15) is 5.26 Å². The van der Waals surface area contributed by atoms with E-state index in [1.54, 1.807) is 12.3 Å². The van der Waals surface area contributed by atoms with Gasteiger partial charge in [0.1, 0.15) is 5.82 Å². The van der Waals surface area contributed by atoms with E-state index in [0.717, 1.165) is 44.2 Å². The van der Waals surface area contributed by atoms with E-state index in [9.17, 15) is 4.79 Å². The number of nitrogens with zero attached hydrogens (tertiary/aromatic N) is 4. The molecular weight excluding hydrogens is 276 g/mol. The smallest absolute Gasteiger partial charge is 0.227 e. The minimum Gasteiger partial charge on any atom is -0.354 e. The predicted molar refractivity (Wildman–Crippen MR) is 82.1 cm³/mol. The molecule has 1 aliphatic carbocycles. The fourth-order valence-corrected chi connectivity index (χ4v) is 3.71. The van der Waals surface area contributed by atoms with Crippen molar-refractivity contribution in [3.05, 3.63) is 23.9 Å². The van der Waals surface area contributed by atoms with E-state index in [1.165, 1.54) is 12.8 Å². The molecule has 2 atom stereocenters. The van der Waals surface area contributed by atoms with E-state index in [-0.39, 0.29) is 5.92 Å². The number of carbonyl (C=O) groups is 1. The highest BCUT2D eigenvalue weighted by molar-refractivity contribution is 5.81. The molecule has 4 fully saturated rings. The van der Waals surface area contributed by atoms with Crippen LogP contribution in [0.5, 0.6) is 0 Å². The van der Waals surface area contributed by atoms with Gasteiger partial charge in [0.15, 0.2) is 0 Å². The molecule has 0 spiro atoms. The van der Waals surface area contributed by atoms with E-state index in [4.69, 9.17) is 5.26 Å². The molecule has 0 aromatic carbocycles. The molecule has 3 saturated heterocycles. The minimum atomic E-state index is 0.0880. The van der Waals surface area contributed by atoms with Gasteiger partial charge in [-0.05, 0) is 43.7 Å². The van der Waals surface area contributed by atoms with Crippen molar-refractivity contribution in [2.24, 2.45) is 11.8 Å². The molecule has 4 aliphatic rings. The zero-order valence-electron chi connectivity index (χ0n) is 12.6. The predicted octanol–water partition coefficient (Wildman–Crippen LogP) is 1.79. The summed E-state index contributed by atoms with van der Waals surface area (Å²) in [4.78, 5) is 21.5. The Hall–Kier alpha value is -2.09. The summed E-state index contributed by atoms with van der Waals surface area (Å²) < 4.78 is 0. The summed E-state index contributed by atoms with van der Waals surface area (Å²) in [5.41, 5.74) is 0.628. The number of piperidine rings is 1. The average Bonchev–Trinajstić information content (AvgIpc) is 3.38. The van der Waals surface area contributed by atoms with Crippen LogP contribution < -0.4 is 4.90 Å². The van der Waals surface area contributed by atoms with E-state index in [2.05, 4.69) is 20.9 Å². The van der Waals surface area contributed by atoms with Gasteiger partial charge in [-0.25, -0.2) is 4.98 Å². The number of nitriles is 1. The molecule has 1 amide bonds. The molecule has 4 heterocycles. The van der Waals surface area contributed by atoms with Gasteiger partial charge >= 0.3 is 0 Å². The molecule has 5 nitrogen and oxygen atoms in total. The first kappa shape index (κ1) is 13.6. The second-order valence-corrected chi connectivity index (χ2v) is 6.78. The summed E-state index contributed by atoms with van der Waals surface area (Å²) in [5.74, 6) is 1.99. The first-order valence-corrected chi connectivity index (χ1v) is 8.16. The third kappa shape index (κ3) is 2.43. The van der Waals surface area contributed by atoms with Crippen molar-refractivity contribution >= 4 is 11.7 Å². The Morgan fingerprint density at radius 1 is 1.27 bits per heavy atom. The average molecular weight is 296 g/mol. The largest absolute Gasteiger partial charge is 0.354 e. The van der Waals surface area contributed by atoms with Crippen LogP contribution >= 0.6 is 0 Å². The molecule has 1 aromatic rings. The molecule has 5 rings (SSSR count). The van der Waals surface area contributed by atoms with Gasteiger partial charge in [-0.1, -0.05) is 0 Å². The Kier molecular flexibility index (Phi) is 3.25. The highest BCUT2D eigenvalue weighted by Gasteiger charge is 2.42. The molecule has 5 heteroatoms. The van der Waals surface area contributed by atoms with Gasteiger partial charge in [0, 0.05) is 31.9 Å². The summed E-state index contributed by atoms with van der Waals surface area (Å²) in [5, 5.41) is 9.06. The van der Waals surface area contributed by atoms with Gasteiger partial charge in [-0.3, -0.25) is 4.79 Å². The van der Waals surface area contributed by atoms with E-state index in [1.807, 2.05) is 6.07 Å². The van der Waals surface area contributed by atoms with Gasteiger partial charge in [0.25, 0.3) is 0 Å². The van der Waals surface area contributed by atoms with Crippen LogP contribution in [0.3, 0.4) is 0 Å². The van der Waals surface area contributed by atoms with Crippen molar-refractivity contribution in [3.63, 3.8) is 0 Å². The molecular formula is C17H20N4O. The summed E-state index contributed by atoms with van der Waals surface area (Å²) in [6, 6.07) is 6.03. The van der Waals surface area contributed by atoms with Crippen molar-refractivity contribution in [3.8, 4) is 6.07 Å². The molecule has 114 valence electrons. The van der Waals surface area contributed by atoms with Gasteiger partial charge in [0.05, 0.1) is 17.6 Å². The van der Waals surface area contributed by atoms with Crippen LogP contribution in [0.25, 0.3) is 0 Å². The maximum atomic E-state index is 12.7. The minimum absolute atomic E-state index is 0.0880. The number of anilines is 1. The zero-order chi connectivity index (χ0) is 15.1. The lowest BCUT2D eigenvalue weighted by atomic mass is 9.94. The van der Waals surface area contributed by atoms with E-state index >= 15 is 0 Å². The second kappa shape index (κ2) is 5.28. The van der Waals surface area contributed by atoms with Crippen molar-refractivity contribution in [2.75, 3.05) is 24.5 Å². The lowest BCUT2D eigenvalue weighted by Gasteiger charge is -2.36. The third-order valence-electron chi connectivity index (χ3n) is 5.14. The number of hydrogen-bond donors (Lipinski definition) is 0. The number of amides is 1. The highest BCUT2D eigenvalue weighted by atomic mass is 16.2. The Labute approximate surface area is 130 Å². The lowest BCUT2D eigenvalue weighted by Crippen LogP contribution is -2.48. The lowest BCUT2D eigenvalue weighted by molar-refractivity contribution is -0.140. The van der Waals surface area contributed by atoms with Crippen LogP contribution in [-0.2, 0) is 4.79 Å². The fourth-order valence-electron chi connectivity index (χ4n) is 3.71. The standard InChI is InChI=1S/C17H20N4O/c18-8-13-5-6-19-16(7-13)20-10-14-3-4-15(11-20)21(17(14)22)9-12-1-2-12/h5-7,12,14-15H,1-4,9-11H2/t14-,15+/m0/s1. The van der Waals surface area contributed by atoms with Gasteiger partial charge < -0.3 is 9.80 Å². The molecule has 22 heavy (non-hydrogen) atoms. The third-order valence-corrected chi connectivity index (χ3v) is 5.14. The van der Waals surface area contributed by atoms with E-state index in [0.29, 0.717) is 17.5 Å². The Bertz CT molecular complexity index is 634. The molecule has 0 unspecified atom stereocenters. The first-order valence-electron chi connectivity index (χ1n) is 8.16. The number of pyridine rings is 1. The van der Waals surface area contributed by atoms with Gasteiger partial charge in [-0.15, -0.1) is 0 Å². The SMILES string of the molecule is N#Cc1ccnc(N2C[C@@H]3CC[C@H](C2)N(CC2CC2)C3=O)c1. The second-order valence-electron chi connectivity index (χ2n) is 6.78. The molecule has 2 bridgehead atoms. The van der Waals surface area contributed by atoms with Crippen LogP contribution in [-0.4, -0.2) is 41.5 Å². The molecule has 0 N–H and O–H groups in total. The van der Waals surface area contributed by atoms with E-state index < -0.39 is 0 Å². The normalized spacial score (nSPS) is 27.7. The summed E-state index contributed by atoms with van der Waals surface area (Å²) in [6.45, 7) is 2.52. The fraction of sp³-hybridized carbons (Fsp3) is 0.588.